The van der Waals surface area contributed by atoms with E-state index in [0.29, 0.717) is 27.8 Å². The van der Waals surface area contributed by atoms with Crippen LogP contribution in [0.2, 0.25) is 5.02 Å². The highest BCUT2D eigenvalue weighted by Crippen LogP contribution is 2.22. The van der Waals surface area contributed by atoms with E-state index in [1.54, 1.807) is 36.4 Å². The molecule has 0 aliphatic heterocycles. The third kappa shape index (κ3) is 4.63. The predicted octanol–water partition coefficient (Wildman–Crippen LogP) is 4.22. The molecule has 1 amide bonds. The van der Waals surface area contributed by atoms with Gasteiger partial charge in [-0.1, -0.05) is 17.7 Å². The molecule has 3 aromatic rings. The molecule has 0 radical (unpaired) electrons. The van der Waals surface area contributed by atoms with Gasteiger partial charge in [-0.05, 0) is 48.9 Å². The second-order valence-electron chi connectivity index (χ2n) is 5.90. The van der Waals surface area contributed by atoms with Gasteiger partial charge in [-0.15, -0.1) is 0 Å². The van der Waals surface area contributed by atoms with Crippen LogP contribution in [0.3, 0.4) is 0 Å². The Bertz CT molecular complexity index is 1000. The van der Waals surface area contributed by atoms with Crippen molar-refractivity contribution in [2.75, 3.05) is 17.7 Å². The number of nitrogens with zero attached hydrogens (tertiary/aromatic N) is 2. The molecule has 8 heteroatoms. The molecule has 28 heavy (non-hydrogen) atoms. The van der Waals surface area contributed by atoms with Crippen LogP contribution in [0.1, 0.15) is 26.3 Å². The van der Waals surface area contributed by atoms with Crippen molar-refractivity contribution in [3.05, 3.63) is 76.6 Å². The van der Waals surface area contributed by atoms with Crippen molar-refractivity contribution >= 4 is 40.8 Å². The van der Waals surface area contributed by atoms with Gasteiger partial charge in [-0.2, -0.15) is 0 Å². The fraction of sp³-hybridized carbons (Fsp3) is 0.100. The summed E-state index contributed by atoms with van der Waals surface area (Å²) in [5, 5.41) is 6.39. The number of methoxy groups -OCH3 is 1. The molecular formula is C20H17ClN4O3. The molecule has 2 aromatic carbocycles. The van der Waals surface area contributed by atoms with Gasteiger partial charge in [0.15, 0.2) is 0 Å². The monoisotopic (exact) mass is 396 g/mol. The first-order valence-corrected chi connectivity index (χ1v) is 8.69. The Kier molecular flexibility index (Phi) is 5.86. The molecule has 0 saturated heterocycles. The molecular weight excluding hydrogens is 380 g/mol. The number of hydrogen-bond donors (Lipinski definition) is 2. The number of rotatable bonds is 5. The van der Waals surface area contributed by atoms with Gasteiger partial charge in [-0.3, -0.25) is 4.79 Å². The topological polar surface area (TPSA) is 93.2 Å². The first kappa shape index (κ1) is 19.3. The fourth-order valence-electron chi connectivity index (χ4n) is 2.37. The lowest BCUT2D eigenvalue weighted by atomic mass is 10.2. The number of carbonyl (C=O) groups is 2. The van der Waals surface area contributed by atoms with Crippen molar-refractivity contribution in [2.45, 2.75) is 6.92 Å². The third-order valence-corrected chi connectivity index (χ3v) is 4.16. The van der Waals surface area contributed by atoms with Crippen molar-refractivity contribution in [1.29, 1.82) is 0 Å². The molecule has 0 atom stereocenters. The molecule has 3 rings (SSSR count). The molecule has 142 valence electrons. The minimum Gasteiger partial charge on any atom is -0.465 e. The molecule has 1 aromatic heterocycles. The number of nitrogens with one attached hydrogen (secondary N) is 2. The number of ether oxygens (including phenoxy) is 1. The number of hydrogen-bond acceptors (Lipinski definition) is 6. The van der Waals surface area contributed by atoms with E-state index in [0.717, 1.165) is 11.3 Å². The van der Waals surface area contributed by atoms with E-state index in [1.165, 1.54) is 19.5 Å². The number of aromatic nitrogens is 2. The zero-order valence-corrected chi connectivity index (χ0v) is 15.9. The molecule has 1 heterocycles. The molecule has 0 spiro atoms. The van der Waals surface area contributed by atoms with E-state index in [1.807, 2.05) is 13.0 Å². The first-order valence-electron chi connectivity index (χ1n) is 8.31. The molecule has 0 fully saturated rings. The van der Waals surface area contributed by atoms with Crippen LogP contribution >= 0.6 is 11.6 Å². The maximum Gasteiger partial charge on any atom is 0.337 e. The number of amides is 1. The van der Waals surface area contributed by atoms with Crippen LogP contribution in [0.4, 0.5) is 17.3 Å². The average molecular weight is 397 g/mol. The largest absolute Gasteiger partial charge is 0.465 e. The van der Waals surface area contributed by atoms with Gasteiger partial charge in [0.25, 0.3) is 5.91 Å². The molecule has 2 N–H and O–H groups in total. The van der Waals surface area contributed by atoms with E-state index >= 15 is 0 Å². The second-order valence-corrected chi connectivity index (χ2v) is 6.34. The van der Waals surface area contributed by atoms with Gasteiger partial charge in [0.2, 0.25) is 5.95 Å². The Labute approximate surface area is 166 Å². The van der Waals surface area contributed by atoms with Gasteiger partial charge >= 0.3 is 5.97 Å². The van der Waals surface area contributed by atoms with Crippen LogP contribution in [0, 0.1) is 6.92 Å². The Morgan fingerprint density at radius 3 is 2.32 bits per heavy atom. The molecule has 0 bridgehead atoms. The van der Waals surface area contributed by atoms with Crippen LogP contribution in [0.15, 0.2) is 54.9 Å². The van der Waals surface area contributed by atoms with Crippen LogP contribution in [-0.4, -0.2) is 29.0 Å². The van der Waals surface area contributed by atoms with Gasteiger partial charge in [0.05, 0.1) is 18.2 Å². The Hall–Kier alpha value is -3.45. The number of carbonyl (C=O) groups excluding carboxylic acids is 2. The third-order valence-electron chi connectivity index (χ3n) is 3.92. The molecule has 0 unspecified atom stereocenters. The Morgan fingerprint density at radius 2 is 1.68 bits per heavy atom. The van der Waals surface area contributed by atoms with Crippen LogP contribution in [0.5, 0.6) is 0 Å². The van der Waals surface area contributed by atoms with Gasteiger partial charge in [0, 0.05) is 28.8 Å². The highest BCUT2D eigenvalue weighted by atomic mass is 35.5. The predicted molar refractivity (Wildman–Crippen MR) is 107 cm³/mol. The Morgan fingerprint density at radius 1 is 1.00 bits per heavy atom. The quantitative estimate of drug-likeness (QED) is 0.627. The van der Waals surface area contributed by atoms with Crippen LogP contribution in [-0.2, 0) is 4.74 Å². The number of esters is 1. The van der Waals surface area contributed by atoms with E-state index in [2.05, 4.69) is 25.3 Å². The minimum absolute atomic E-state index is 0.297. The smallest absolute Gasteiger partial charge is 0.337 e. The van der Waals surface area contributed by atoms with Gasteiger partial charge in [0.1, 0.15) is 0 Å². The summed E-state index contributed by atoms with van der Waals surface area (Å²) < 4.78 is 4.64. The van der Waals surface area contributed by atoms with Crippen molar-refractivity contribution in [2.24, 2.45) is 0 Å². The first-order chi connectivity index (χ1) is 13.5. The summed E-state index contributed by atoms with van der Waals surface area (Å²) in [5.41, 5.74) is 3.01. The van der Waals surface area contributed by atoms with Gasteiger partial charge in [-0.25, -0.2) is 14.8 Å². The van der Waals surface area contributed by atoms with Crippen LogP contribution in [0.25, 0.3) is 0 Å². The SMILES string of the molecule is COC(=O)c1ccc(NC(=O)c2cnc(Nc3cc(Cl)ccc3C)nc2)cc1. The highest BCUT2D eigenvalue weighted by molar-refractivity contribution is 6.30. The van der Waals surface area contributed by atoms with Crippen LogP contribution < -0.4 is 10.6 Å². The molecule has 7 nitrogen and oxygen atoms in total. The second kappa shape index (κ2) is 8.49. The minimum atomic E-state index is -0.440. The van der Waals surface area contributed by atoms with Crippen molar-refractivity contribution < 1.29 is 14.3 Å². The zero-order valence-electron chi connectivity index (χ0n) is 15.2. The maximum absolute atomic E-state index is 12.3. The lowest BCUT2D eigenvalue weighted by molar-refractivity contribution is 0.0600. The Balaban J connectivity index is 1.66. The van der Waals surface area contributed by atoms with E-state index in [9.17, 15) is 9.59 Å². The summed E-state index contributed by atoms with van der Waals surface area (Å²) >= 11 is 6.00. The number of anilines is 3. The lowest BCUT2D eigenvalue weighted by Gasteiger charge is -2.09. The van der Waals surface area contributed by atoms with E-state index < -0.39 is 5.97 Å². The number of halogens is 1. The standard InChI is InChI=1S/C20H17ClN4O3/c1-12-3-6-15(21)9-17(12)25-20-22-10-14(11-23-20)18(26)24-16-7-4-13(5-8-16)19(27)28-2/h3-11H,1-2H3,(H,24,26)(H,22,23,25). The zero-order chi connectivity index (χ0) is 20.1. The highest BCUT2D eigenvalue weighted by Gasteiger charge is 2.10. The molecule has 0 aliphatic carbocycles. The van der Waals surface area contributed by atoms with Crippen molar-refractivity contribution in [1.82, 2.24) is 9.97 Å². The van der Waals surface area contributed by atoms with Crippen molar-refractivity contribution in [3.8, 4) is 0 Å². The average Bonchev–Trinajstić information content (AvgIpc) is 2.71. The maximum atomic E-state index is 12.3. The summed E-state index contributed by atoms with van der Waals surface area (Å²) in [4.78, 5) is 32.1. The number of aryl methyl sites for hydroxylation is 1. The summed E-state index contributed by atoms with van der Waals surface area (Å²) in [6.07, 6.45) is 2.85. The summed E-state index contributed by atoms with van der Waals surface area (Å²) in [6, 6.07) is 11.8. The molecule has 0 aliphatic rings. The lowest BCUT2D eigenvalue weighted by Crippen LogP contribution is -2.13. The van der Waals surface area contributed by atoms with Crippen molar-refractivity contribution in [3.63, 3.8) is 0 Å². The summed E-state index contributed by atoms with van der Waals surface area (Å²) in [5.74, 6) is -0.454. The van der Waals surface area contributed by atoms with E-state index in [4.69, 9.17) is 11.6 Å². The summed E-state index contributed by atoms with van der Waals surface area (Å²) in [6.45, 7) is 1.94. The van der Waals surface area contributed by atoms with E-state index in [-0.39, 0.29) is 5.91 Å². The molecule has 0 saturated carbocycles. The van der Waals surface area contributed by atoms with Gasteiger partial charge < -0.3 is 15.4 Å². The fourth-order valence-corrected chi connectivity index (χ4v) is 2.54. The summed E-state index contributed by atoms with van der Waals surface area (Å²) in [7, 11) is 1.31. The normalized spacial score (nSPS) is 10.2. The number of benzene rings is 2.